The molecule has 0 heterocycles. The van der Waals surface area contributed by atoms with E-state index < -0.39 is 17.1 Å². The minimum absolute atomic E-state index is 0.0732. The van der Waals surface area contributed by atoms with Crippen molar-refractivity contribution < 1.29 is 24.3 Å². The average molecular weight is 347 g/mol. The molecule has 2 aromatic rings. The van der Waals surface area contributed by atoms with E-state index in [-0.39, 0.29) is 22.2 Å². The molecule has 0 bridgehead atoms. The molecule has 0 radical (unpaired) electrons. The smallest absolute Gasteiger partial charge is 0.296 e. The molecule has 2 aromatic carbocycles. The van der Waals surface area contributed by atoms with Crippen molar-refractivity contribution in [3.05, 3.63) is 58.5 Å². The maximum atomic E-state index is 12.5. The van der Waals surface area contributed by atoms with Crippen LogP contribution >= 0.6 is 0 Å². The van der Waals surface area contributed by atoms with Crippen LogP contribution in [0, 0.1) is 0 Å². The van der Waals surface area contributed by atoms with Crippen LogP contribution < -0.4 is 10.5 Å². The highest BCUT2D eigenvalue weighted by molar-refractivity contribution is 7.95. The number of carbonyl (C=O) groups is 1. The summed E-state index contributed by atoms with van der Waals surface area (Å²) in [7, 11) is 1.55. The van der Waals surface area contributed by atoms with Gasteiger partial charge in [0, 0.05) is 11.6 Å². The molecule has 0 spiro atoms. The number of nitrogens with two attached hydrogens (primary N) is 1. The molecule has 126 valence electrons. The number of methoxy groups -OCH3 is 1. The minimum atomic E-state index is -1.66. The van der Waals surface area contributed by atoms with Crippen molar-refractivity contribution in [1.29, 1.82) is 0 Å². The Labute approximate surface area is 142 Å². The highest BCUT2D eigenvalue weighted by atomic mass is 32.2. The van der Waals surface area contributed by atoms with E-state index in [1.165, 1.54) is 24.3 Å². The summed E-state index contributed by atoms with van der Waals surface area (Å²) in [5.41, 5.74) is 6.48. The predicted octanol–water partition coefficient (Wildman–Crippen LogP) is 1.88. The van der Waals surface area contributed by atoms with Crippen LogP contribution in [0.2, 0.25) is 0 Å². The quantitative estimate of drug-likeness (QED) is 0.419. The zero-order chi connectivity index (χ0) is 17.7. The maximum Gasteiger partial charge on any atom is 0.296 e. The zero-order valence-electron chi connectivity index (χ0n) is 12.9. The third kappa shape index (κ3) is 4.43. The molecule has 0 aromatic heterocycles. The molecule has 1 atom stereocenters. The van der Waals surface area contributed by atoms with Gasteiger partial charge in [-0.3, -0.25) is 4.79 Å². The first kappa shape index (κ1) is 17.7. The van der Waals surface area contributed by atoms with Gasteiger partial charge < -0.3 is 25.2 Å². The molecule has 0 aliphatic carbocycles. The summed E-state index contributed by atoms with van der Waals surface area (Å²) in [5.74, 6) is -0.646. The Hall–Kier alpha value is -2.64. The molecular formula is C17H17NO5S. The van der Waals surface area contributed by atoms with E-state index >= 15 is 0 Å². The summed E-state index contributed by atoms with van der Waals surface area (Å²) in [4.78, 5) is 11.5. The van der Waals surface area contributed by atoms with Crippen molar-refractivity contribution in [2.45, 2.75) is 5.75 Å². The Morgan fingerprint density at radius 1 is 1.21 bits per heavy atom. The normalized spacial score (nSPS) is 12.7. The summed E-state index contributed by atoms with van der Waals surface area (Å²) in [6.45, 7) is 0. The Balaban J connectivity index is 2.23. The van der Waals surface area contributed by atoms with Gasteiger partial charge in [0.25, 0.3) is 5.91 Å². The van der Waals surface area contributed by atoms with Gasteiger partial charge in [-0.2, -0.15) is 0 Å². The highest BCUT2D eigenvalue weighted by Crippen LogP contribution is 2.27. The predicted molar refractivity (Wildman–Crippen MR) is 91.8 cm³/mol. The van der Waals surface area contributed by atoms with E-state index in [0.29, 0.717) is 11.3 Å². The van der Waals surface area contributed by atoms with Crippen LogP contribution in [0.25, 0.3) is 6.08 Å². The van der Waals surface area contributed by atoms with Crippen molar-refractivity contribution in [3.63, 3.8) is 0 Å². The Morgan fingerprint density at radius 3 is 2.42 bits per heavy atom. The average Bonchev–Trinajstić information content (AvgIpc) is 2.56. The summed E-state index contributed by atoms with van der Waals surface area (Å²) in [6, 6.07) is 11.0. The lowest BCUT2D eigenvalue weighted by atomic mass is 10.2. The van der Waals surface area contributed by atoms with Gasteiger partial charge in [-0.05, 0) is 41.0 Å². The SMILES string of the molecule is COc1ccc(C[S+]([O-])/C(=C/c2ccc(O)c(O)c2)C(N)=O)cc1. The lowest BCUT2D eigenvalue weighted by Gasteiger charge is -2.12. The van der Waals surface area contributed by atoms with Crippen LogP contribution in [0.5, 0.6) is 17.2 Å². The van der Waals surface area contributed by atoms with Gasteiger partial charge in [-0.1, -0.05) is 18.2 Å². The second kappa shape index (κ2) is 7.76. The van der Waals surface area contributed by atoms with Crippen molar-refractivity contribution in [3.8, 4) is 17.2 Å². The number of aromatic hydroxyl groups is 2. The van der Waals surface area contributed by atoms with Crippen molar-refractivity contribution in [1.82, 2.24) is 0 Å². The number of benzene rings is 2. The maximum absolute atomic E-state index is 12.5. The fraction of sp³-hybridized carbons (Fsp3) is 0.118. The fourth-order valence-electron chi connectivity index (χ4n) is 1.98. The van der Waals surface area contributed by atoms with Gasteiger partial charge in [-0.15, -0.1) is 0 Å². The Morgan fingerprint density at radius 2 is 1.88 bits per heavy atom. The molecule has 0 saturated carbocycles. The van der Waals surface area contributed by atoms with Gasteiger partial charge in [0.15, 0.2) is 11.5 Å². The summed E-state index contributed by atoms with van der Waals surface area (Å²) in [5, 5.41) is 18.8. The fourth-order valence-corrected chi connectivity index (χ4v) is 3.12. The van der Waals surface area contributed by atoms with Gasteiger partial charge in [0.2, 0.25) is 4.91 Å². The topological polar surface area (TPSA) is 116 Å². The Bertz CT molecular complexity index is 758. The number of ether oxygens (including phenoxy) is 1. The van der Waals surface area contributed by atoms with E-state index in [0.717, 1.165) is 5.56 Å². The van der Waals surface area contributed by atoms with E-state index in [2.05, 4.69) is 0 Å². The second-order valence-corrected chi connectivity index (χ2v) is 6.38. The van der Waals surface area contributed by atoms with Crippen LogP contribution in [0.4, 0.5) is 0 Å². The zero-order valence-corrected chi connectivity index (χ0v) is 13.7. The Kier molecular flexibility index (Phi) is 5.73. The van der Waals surface area contributed by atoms with E-state index in [4.69, 9.17) is 10.5 Å². The van der Waals surface area contributed by atoms with Crippen molar-refractivity contribution >= 4 is 23.2 Å². The molecule has 24 heavy (non-hydrogen) atoms. The molecule has 4 N–H and O–H groups in total. The molecule has 7 heteroatoms. The minimum Gasteiger partial charge on any atom is -0.611 e. The summed E-state index contributed by atoms with van der Waals surface area (Å²) >= 11 is -1.66. The van der Waals surface area contributed by atoms with Crippen molar-refractivity contribution in [2.24, 2.45) is 5.73 Å². The molecule has 1 amide bonds. The number of phenolic OH excluding ortho intramolecular Hbond substituents is 2. The van der Waals surface area contributed by atoms with Gasteiger partial charge in [0.05, 0.1) is 7.11 Å². The molecular weight excluding hydrogens is 330 g/mol. The number of amides is 1. The molecule has 6 nitrogen and oxygen atoms in total. The number of primary amides is 1. The number of hydrogen-bond acceptors (Lipinski definition) is 5. The molecule has 0 aliphatic heterocycles. The monoisotopic (exact) mass is 347 g/mol. The second-order valence-electron chi connectivity index (χ2n) is 4.96. The molecule has 2 rings (SSSR count). The first-order valence-electron chi connectivity index (χ1n) is 6.95. The van der Waals surface area contributed by atoms with E-state index in [1.807, 2.05) is 0 Å². The van der Waals surface area contributed by atoms with E-state index in [9.17, 15) is 19.6 Å². The highest BCUT2D eigenvalue weighted by Gasteiger charge is 2.21. The first-order valence-corrected chi connectivity index (χ1v) is 8.27. The number of hydrogen-bond donors (Lipinski definition) is 3. The van der Waals surface area contributed by atoms with Gasteiger partial charge in [-0.25, -0.2) is 0 Å². The first-order chi connectivity index (χ1) is 11.4. The molecule has 0 saturated heterocycles. The van der Waals surface area contributed by atoms with Crippen LogP contribution in [0.3, 0.4) is 0 Å². The molecule has 0 fully saturated rings. The third-order valence-corrected chi connectivity index (χ3v) is 4.65. The van der Waals surface area contributed by atoms with Crippen LogP contribution in [-0.4, -0.2) is 27.8 Å². The number of rotatable bonds is 6. The van der Waals surface area contributed by atoms with Gasteiger partial charge in [0.1, 0.15) is 11.5 Å². The number of phenols is 2. The molecule has 1 unspecified atom stereocenters. The third-order valence-electron chi connectivity index (χ3n) is 3.24. The standard InChI is InChI=1S/C17H17NO5S/c1-23-13-5-2-11(3-6-13)10-24(22)16(17(18)21)9-12-4-7-14(19)15(20)8-12/h2-9,19-20H,10H2,1H3,(H2,18,21)/b16-9+. The van der Waals surface area contributed by atoms with Crippen molar-refractivity contribution in [2.75, 3.05) is 7.11 Å². The summed E-state index contributed by atoms with van der Waals surface area (Å²) in [6.07, 6.45) is 1.33. The van der Waals surface area contributed by atoms with Crippen LogP contribution in [0.15, 0.2) is 47.4 Å². The largest absolute Gasteiger partial charge is 0.611 e. The van der Waals surface area contributed by atoms with E-state index in [1.54, 1.807) is 31.4 Å². The lowest BCUT2D eigenvalue weighted by Crippen LogP contribution is -2.22. The van der Waals surface area contributed by atoms with Crippen LogP contribution in [-0.2, 0) is 21.7 Å². The molecule has 0 aliphatic rings. The van der Waals surface area contributed by atoms with Crippen LogP contribution in [0.1, 0.15) is 11.1 Å². The van der Waals surface area contributed by atoms with Gasteiger partial charge >= 0.3 is 0 Å². The lowest BCUT2D eigenvalue weighted by molar-refractivity contribution is -0.113. The summed E-state index contributed by atoms with van der Waals surface area (Å²) < 4.78 is 17.5. The number of carbonyl (C=O) groups excluding carboxylic acids is 1.